The van der Waals surface area contributed by atoms with Gasteiger partial charge in [0.15, 0.2) is 11.5 Å². The van der Waals surface area contributed by atoms with E-state index in [4.69, 9.17) is 0 Å². The third-order valence-corrected chi connectivity index (χ3v) is 3.28. The molecule has 0 unspecified atom stereocenters. The zero-order valence-electron chi connectivity index (χ0n) is 12.2. The number of rotatable bonds is 6. The summed E-state index contributed by atoms with van der Waals surface area (Å²) in [5.41, 5.74) is -0.412. The molecule has 0 saturated carbocycles. The van der Waals surface area contributed by atoms with Gasteiger partial charge in [-0.15, -0.1) is 0 Å². The number of benzene rings is 1. The van der Waals surface area contributed by atoms with Gasteiger partial charge in [-0.3, -0.25) is 4.79 Å². The molecule has 0 bridgehead atoms. The molecule has 0 heterocycles. The van der Waals surface area contributed by atoms with Crippen LogP contribution in [-0.4, -0.2) is 45.8 Å². The molecule has 1 aromatic carbocycles. The lowest BCUT2D eigenvalue weighted by Gasteiger charge is -2.25. The van der Waals surface area contributed by atoms with Gasteiger partial charge in [-0.1, -0.05) is 6.07 Å². The first-order chi connectivity index (χ1) is 9.67. The van der Waals surface area contributed by atoms with Crippen LogP contribution in [0.25, 0.3) is 0 Å². The van der Waals surface area contributed by atoms with E-state index in [1.54, 1.807) is 20.9 Å². The molecule has 1 rings (SSSR count). The van der Waals surface area contributed by atoms with Crippen LogP contribution in [0.2, 0.25) is 0 Å². The van der Waals surface area contributed by atoms with Crippen LogP contribution in [0.3, 0.4) is 0 Å². The lowest BCUT2D eigenvalue weighted by Crippen LogP contribution is -2.55. The van der Waals surface area contributed by atoms with E-state index in [1.807, 2.05) is 0 Å². The summed E-state index contributed by atoms with van der Waals surface area (Å²) in [5, 5.41) is 33.1. The number of hydrogen-bond acceptors (Lipinski definition) is 5. The number of carboxylic acid groups (broad SMARTS) is 1. The zero-order chi connectivity index (χ0) is 16.2. The van der Waals surface area contributed by atoms with Crippen LogP contribution >= 0.6 is 0 Å². The second-order valence-electron chi connectivity index (χ2n) is 5.27. The summed E-state index contributed by atoms with van der Waals surface area (Å²) in [5.74, 6) is -2.24. The number of hydrogen-bond donors (Lipinski definition) is 5. The van der Waals surface area contributed by atoms with Gasteiger partial charge in [-0.05, 0) is 38.6 Å². The molecule has 7 nitrogen and oxygen atoms in total. The molecule has 1 amide bonds. The lowest BCUT2D eigenvalue weighted by molar-refractivity contribution is -0.142. The second-order valence-corrected chi connectivity index (χ2v) is 5.27. The Hall–Kier alpha value is -2.28. The van der Waals surface area contributed by atoms with Crippen molar-refractivity contribution < 1.29 is 24.9 Å². The summed E-state index contributed by atoms with van der Waals surface area (Å²) < 4.78 is 0. The Kier molecular flexibility index (Phi) is 5.15. The fraction of sp³-hybridized carbons (Fsp3) is 0.429. The largest absolute Gasteiger partial charge is 0.504 e. The quantitative estimate of drug-likeness (QED) is 0.479. The third-order valence-electron chi connectivity index (χ3n) is 3.28. The predicted octanol–water partition coefficient (Wildman–Crippen LogP) is 0.208. The Balaban J connectivity index is 2.86. The average molecular weight is 296 g/mol. The van der Waals surface area contributed by atoms with Gasteiger partial charge in [0.25, 0.3) is 0 Å². The first-order valence-electron chi connectivity index (χ1n) is 6.41. The normalized spacial score (nSPS) is 12.7. The van der Waals surface area contributed by atoms with Gasteiger partial charge in [0, 0.05) is 6.42 Å². The molecule has 116 valence electrons. The SMILES string of the molecule is CNC(C)(C)C(=O)N[C@@H](Cc1ccc(O)c(O)c1)C(=O)O. The highest BCUT2D eigenvalue weighted by Crippen LogP contribution is 2.25. The number of carbonyl (C=O) groups excluding carboxylic acids is 1. The molecule has 1 aromatic rings. The Labute approximate surface area is 122 Å². The molecule has 0 fully saturated rings. The molecule has 0 radical (unpaired) electrons. The van der Waals surface area contributed by atoms with E-state index in [2.05, 4.69) is 10.6 Å². The minimum Gasteiger partial charge on any atom is -0.504 e. The highest BCUT2D eigenvalue weighted by Gasteiger charge is 2.30. The second kappa shape index (κ2) is 6.45. The number of likely N-dealkylation sites (N-methyl/N-ethyl adjacent to an activating group) is 1. The van der Waals surface area contributed by atoms with Crippen molar-refractivity contribution in [3.8, 4) is 11.5 Å². The number of nitrogens with one attached hydrogen (secondary N) is 2. The van der Waals surface area contributed by atoms with Crippen LogP contribution in [-0.2, 0) is 16.0 Å². The molecule has 0 aliphatic carbocycles. The summed E-state index contributed by atoms with van der Waals surface area (Å²) in [6, 6.07) is 2.89. The number of carbonyl (C=O) groups is 2. The van der Waals surface area contributed by atoms with E-state index in [9.17, 15) is 24.9 Å². The molecule has 5 N–H and O–H groups in total. The first-order valence-corrected chi connectivity index (χ1v) is 6.41. The molecule has 0 saturated heterocycles. The summed E-state index contributed by atoms with van der Waals surface area (Å²) in [4.78, 5) is 23.3. The highest BCUT2D eigenvalue weighted by atomic mass is 16.4. The van der Waals surface area contributed by atoms with E-state index in [0.717, 1.165) is 0 Å². The smallest absolute Gasteiger partial charge is 0.326 e. The van der Waals surface area contributed by atoms with E-state index < -0.39 is 23.5 Å². The van der Waals surface area contributed by atoms with Crippen molar-refractivity contribution in [1.29, 1.82) is 0 Å². The van der Waals surface area contributed by atoms with Crippen LogP contribution in [0, 0.1) is 0 Å². The minimum atomic E-state index is -1.18. The van der Waals surface area contributed by atoms with Gasteiger partial charge in [-0.25, -0.2) is 4.79 Å². The van der Waals surface area contributed by atoms with Crippen LogP contribution < -0.4 is 10.6 Å². The van der Waals surface area contributed by atoms with Crippen LogP contribution in [0.5, 0.6) is 11.5 Å². The highest BCUT2D eigenvalue weighted by molar-refractivity contribution is 5.89. The summed E-state index contributed by atoms with van der Waals surface area (Å²) >= 11 is 0. The van der Waals surface area contributed by atoms with E-state index in [-0.39, 0.29) is 17.9 Å². The minimum absolute atomic E-state index is 0.00525. The number of carboxylic acids is 1. The maximum atomic E-state index is 12.0. The monoisotopic (exact) mass is 296 g/mol. The molecule has 1 atom stereocenters. The van der Waals surface area contributed by atoms with Crippen molar-refractivity contribution in [2.75, 3.05) is 7.05 Å². The Morgan fingerprint density at radius 2 is 1.86 bits per heavy atom. The molecular weight excluding hydrogens is 276 g/mol. The maximum Gasteiger partial charge on any atom is 0.326 e. The van der Waals surface area contributed by atoms with Gasteiger partial charge in [0.1, 0.15) is 6.04 Å². The van der Waals surface area contributed by atoms with Crippen LogP contribution in [0.1, 0.15) is 19.4 Å². The molecule has 0 aliphatic heterocycles. The molecule has 7 heteroatoms. The van der Waals surface area contributed by atoms with Gasteiger partial charge in [0.2, 0.25) is 5.91 Å². The molecular formula is C14H20N2O5. The van der Waals surface area contributed by atoms with Crippen molar-refractivity contribution in [2.24, 2.45) is 0 Å². The van der Waals surface area contributed by atoms with Crippen molar-refractivity contribution >= 4 is 11.9 Å². The Morgan fingerprint density at radius 1 is 1.24 bits per heavy atom. The standard InChI is InChI=1S/C14H20N2O5/c1-14(2,15-3)13(21)16-9(12(19)20)6-8-4-5-10(17)11(18)7-8/h4-5,7,9,15,17-18H,6H2,1-3H3,(H,16,21)(H,19,20)/t9-/m0/s1. The van der Waals surface area contributed by atoms with Crippen molar-refractivity contribution in [3.05, 3.63) is 23.8 Å². The average Bonchev–Trinajstić information content (AvgIpc) is 2.41. The van der Waals surface area contributed by atoms with Gasteiger partial charge < -0.3 is 26.0 Å². The number of aromatic hydroxyl groups is 2. The fourth-order valence-corrected chi connectivity index (χ4v) is 1.58. The van der Waals surface area contributed by atoms with E-state index >= 15 is 0 Å². The van der Waals surface area contributed by atoms with Crippen LogP contribution in [0.15, 0.2) is 18.2 Å². The maximum absolute atomic E-state index is 12.0. The Bertz CT molecular complexity index is 542. The number of amides is 1. The van der Waals surface area contributed by atoms with Gasteiger partial charge in [0.05, 0.1) is 5.54 Å². The van der Waals surface area contributed by atoms with Crippen molar-refractivity contribution in [2.45, 2.75) is 31.8 Å². The van der Waals surface area contributed by atoms with Crippen LogP contribution in [0.4, 0.5) is 0 Å². The molecule has 0 aromatic heterocycles. The summed E-state index contributed by atoms with van der Waals surface area (Å²) in [7, 11) is 1.60. The van der Waals surface area contributed by atoms with Crippen molar-refractivity contribution in [3.63, 3.8) is 0 Å². The molecule has 21 heavy (non-hydrogen) atoms. The summed E-state index contributed by atoms with van der Waals surface area (Å²) in [6.45, 7) is 3.27. The van der Waals surface area contributed by atoms with Crippen molar-refractivity contribution in [1.82, 2.24) is 10.6 Å². The number of aliphatic carboxylic acids is 1. The predicted molar refractivity (Wildman–Crippen MR) is 76.2 cm³/mol. The third kappa shape index (κ3) is 4.35. The van der Waals surface area contributed by atoms with Gasteiger partial charge in [-0.2, -0.15) is 0 Å². The van der Waals surface area contributed by atoms with E-state index in [1.165, 1.54) is 18.2 Å². The number of phenolic OH excluding ortho intramolecular Hbond substituents is 2. The lowest BCUT2D eigenvalue weighted by atomic mass is 10.0. The summed E-state index contributed by atoms with van der Waals surface area (Å²) in [6.07, 6.45) is -0.00525. The number of phenols is 2. The molecule has 0 aliphatic rings. The first kappa shape index (κ1) is 16.8. The van der Waals surface area contributed by atoms with E-state index in [0.29, 0.717) is 5.56 Å². The fourth-order valence-electron chi connectivity index (χ4n) is 1.58. The Morgan fingerprint density at radius 3 is 2.33 bits per heavy atom. The molecule has 0 spiro atoms. The topological polar surface area (TPSA) is 119 Å². The van der Waals surface area contributed by atoms with Gasteiger partial charge >= 0.3 is 5.97 Å². The zero-order valence-corrected chi connectivity index (χ0v) is 12.2.